The summed E-state index contributed by atoms with van der Waals surface area (Å²) in [5, 5.41) is 3.61. The number of thioether (sulfide) groups is 1. The molecular weight excluding hydrogens is 228 g/mol. The summed E-state index contributed by atoms with van der Waals surface area (Å²) in [5.41, 5.74) is 0. The quantitative estimate of drug-likeness (QED) is 0.753. The summed E-state index contributed by atoms with van der Waals surface area (Å²) < 4.78 is 0.653. The van der Waals surface area contributed by atoms with Gasteiger partial charge in [-0.25, -0.2) is 0 Å². The van der Waals surface area contributed by atoms with E-state index in [1.165, 1.54) is 52.0 Å². The normalized spacial score (nSPS) is 27.9. The Kier molecular flexibility index (Phi) is 4.79. The highest BCUT2D eigenvalue weighted by Gasteiger charge is 2.44. The fourth-order valence-electron chi connectivity index (χ4n) is 2.77. The lowest BCUT2D eigenvalue weighted by Gasteiger charge is -2.22. The van der Waals surface area contributed by atoms with Crippen molar-refractivity contribution in [2.75, 3.05) is 39.0 Å². The molecule has 1 N–H and O–H groups in total. The zero-order chi connectivity index (χ0) is 12.3. The number of nitrogens with zero attached hydrogens (tertiary/aromatic N) is 1. The van der Waals surface area contributed by atoms with Crippen molar-refractivity contribution in [3.05, 3.63) is 0 Å². The molecule has 1 saturated heterocycles. The third kappa shape index (κ3) is 4.15. The number of nitrogens with one attached hydrogen (secondary N) is 1. The van der Waals surface area contributed by atoms with E-state index in [9.17, 15) is 0 Å². The molecule has 0 amide bonds. The van der Waals surface area contributed by atoms with E-state index in [1.807, 2.05) is 0 Å². The van der Waals surface area contributed by atoms with Crippen LogP contribution in [0.3, 0.4) is 0 Å². The van der Waals surface area contributed by atoms with Gasteiger partial charge in [-0.2, -0.15) is 11.8 Å². The van der Waals surface area contributed by atoms with Crippen LogP contribution in [-0.4, -0.2) is 48.6 Å². The molecule has 1 unspecified atom stereocenters. The minimum absolute atomic E-state index is 0.653. The maximum atomic E-state index is 3.61. The lowest BCUT2D eigenvalue weighted by atomic mass is 10.1. The van der Waals surface area contributed by atoms with Crippen LogP contribution < -0.4 is 5.32 Å². The van der Waals surface area contributed by atoms with Gasteiger partial charge in [0.2, 0.25) is 0 Å². The van der Waals surface area contributed by atoms with E-state index in [2.05, 4.69) is 42.1 Å². The van der Waals surface area contributed by atoms with Crippen molar-refractivity contribution in [1.82, 2.24) is 10.2 Å². The maximum absolute atomic E-state index is 3.61. The first-order valence-corrected chi connectivity index (χ1v) is 8.34. The van der Waals surface area contributed by atoms with Crippen molar-refractivity contribution in [3.63, 3.8) is 0 Å². The Balaban J connectivity index is 1.62. The summed E-state index contributed by atoms with van der Waals surface area (Å²) in [5.74, 6) is 1.67. The van der Waals surface area contributed by atoms with Crippen molar-refractivity contribution in [3.8, 4) is 0 Å². The van der Waals surface area contributed by atoms with E-state index in [-0.39, 0.29) is 0 Å². The van der Waals surface area contributed by atoms with Crippen LogP contribution in [0.25, 0.3) is 0 Å². The summed E-state index contributed by atoms with van der Waals surface area (Å²) in [7, 11) is 0. The van der Waals surface area contributed by atoms with Crippen LogP contribution >= 0.6 is 11.8 Å². The van der Waals surface area contributed by atoms with E-state index < -0.39 is 0 Å². The van der Waals surface area contributed by atoms with E-state index in [1.54, 1.807) is 0 Å². The molecule has 1 heterocycles. The third-order valence-corrected chi connectivity index (χ3v) is 5.51. The fourth-order valence-corrected chi connectivity index (χ4v) is 3.59. The molecule has 0 radical (unpaired) electrons. The van der Waals surface area contributed by atoms with Gasteiger partial charge in [-0.05, 0) is 57.0 Å². The van der Waals surface area contributed by atoms with Crippen molar-refractivity contribution >= 4 is 11.8 Å². The molecule has 17 heavy (non-hydrogen) atoms. The van der Waals surface area contributed by atoms with Gasteiger partial charge in [-0.3, -0.25) is 0 Å². The Hall–Kier alpha value is 0.270. The van der Waals surface area contributed by atoms with Crippen LogP contribution in [0.15, 0.2) is 0 Å². The van der Waals surface area contributed by atoms with Gasteiger partial charge in [0.15, 0.2) is 0 Å². The first-order valence-electron chi connectivity index (χ1n) is 7.12. The highest BCUT2D eigenvalue weighted by molar-refractivity contribution is 8.00. The van der Waals surface area contributed by atoms with Crippen LogP contribution in [0.2, 0.25) is 0 Å². The molecule has 3 heteroatoms. The van der Waals surface area contributed by atoms with Crippen molar-refractivity contribution < 1.29 is 0 Å². The summed E-state index contributed by atoms with van der Waals surface area (Å²) >= 11 is 2.09. The summed E-state index contributed by atoms with van der Waals surface area (Å²) in [6.45, 7) is 11.0. The van der Waals surface area contributed by atoms with E-state index in [4.69, 9.17) is 0 Å². The van der Waals surface area contributed by atoms with Crippen LogP contribution in [-0.2, 0) is 0 Å². The molecule has 0 aromatic rings. The SMILES string of the molecule is CSC1(CN2CCC(CNCC(C)C)C2)CC1. The van der Waals surface area contributed by atoms with Gasteiger partial charge in [-0.1, -0.05) is 13.8 Å². The molecule has 2 rings (SSSR count). The fraction of sp³-hybridized carbons (Fsp3) is 1.00. The monoisotopic (exact) mass is 256 g/mol. The molecule has 0 aromatic carbocycles. The number of hydrogen-bond acceptors (Lipinski definition) is 3. The summed E-state index contributed by atoms with van der Waals surface area (Å²) in [6, 6.07) is 0. The number of rotatable bonds is 7. The van der Waals surface area contributed by atoms with Crippen molar-refractivity contribution in [2.45, 2.75) is 37.9 Å². The predicted molar refractivity (Wildman–Crippen MR) is 77.7 cm³/mol. The second-order valence-electron chi connectivity index (χ2n) is 6.33. The van der Waals surface area contributed by atoms with Crippen LogP contribution in [0.1, 0.15) is 33.1 Å². The highest BCUT2D eigenvalue weighted by atomic mass is 32.2. The number of hydrogen-bond donors (Lipinski definition) is 1. The van der Waals surface area contributed by atoms with Gasteiger partial charge in [-0.15, -0.1) is 0 Å². The molecule has 1 aliphatic heterocycles. The number of likely N-dealkylation sites (tertiary alicyclic amines) is 1. The maximum Gasteiger partial charge on any atom is 0.0285 e. The predicted octanol–water partition coefficient (Wildman–Crippen LogP) is 2.45. The molecule has 2 aliphatic rings. The van der Waals surface area contributed by atoms with Gasteiger partial charge in [0.1, 0.15) is 0 Å². The Morgan fingerprint density at radius 2 is 2.18 bits per heavy atom. The first kappa shape index (κ1) is 13.7. The largest absolute Gasteiger partial charge is 0.316 e. The van der Waals surface area contributed by atoms with Crippen molar-refractivity contribution in [2.24, 2.45) is 11.8 Å². The zero-order valence-corrected chi connectivity index (χ0v) is 12.5. The summed E-state index contributed by atoms with van der Waals surface area (Å²) in [4.78, 5) is 2.70. The summed E-state index contributed by atoms with van der Waals surface area (Å²) in [6.07, 6.45) is 6.57. The minimum atomic E-state index is 0.653. The van der Waals surface area contributed by atoms with E-state index in [0.717, 1.165) is 11.8 Å². The Labute approximate surface area is 111 Å². The lowest BCUT2D eigenvalue weighted by molar-refractivity contribution is 0.317. The molecule has 0 bridgehead atoms. The van der Waals surface area contributed by atoms with Gasteiger partial charge >= 0.3 is 0 Å². The molecule has 1 saturated carbocycles. The Morgan fingerprint density at radius 3 is 2.76 bits per heavy atom. The molecule has 2 nitrogen and oxygen atoms in total. The second kappa shape index (κ2) is 5.94. The highest BCUT2D eigenvalue weighted by Crippen LogP contribution is 2.48. The smallest absolute Gasteiger partial charge is 0.0285 e. The van der Waals surface area contributed by atoms with Crippen LogP contribution in [0.5, 0.6) is 0 Å². The molecule has 2 fully saturated rings. The van der Waals surface area contributed by atoms with E-state index in [0.29, 0.717) is 4.75 Å². The van der Waals surface area contributed by atoms with Gasteiger partial charge in [0.25, 0.3) is 0 Å². The Bertz CT molecular complexity index is 238. The molecule has 100 valence electrons. The zero-order valence-electron chi connectivity index (χ0n) is 11.7. The van der Waals surface area contributed by atoms with Gasteiger partial charge in [0, 0.05) is 17.8 Å². The minimum Gasteiger partial charge on any atom is -0.316 e. The Morgan fingerprint density at radius 1 is 1.41 bits per heavy atom. The first-order chi connectivity index (χ1) is 8.13. The molecule has 1 atom stereocenters. The van der Waals surface area contributed by atoms with Crippen LogP contribution in [0.4, 0.5) is 0 Å². The molecule has 0 aromatic heterocycles. The lowest BCUT2D eigenvalue weighted by Crippen LogP contribution is -2.32. The topological polar surface area (TPSA) is 15.3 Å². The van der Waals surface area contributed by atoms with Crippen LogP contribution in [0, 0.1) is 11.8 Å². The van der Waals surface area contributed by atoms with E-state index >= 15 is 0 Å². The van der Waals surface area contributed by atoms with Gasteiger partial charge in [0.05, 0.1) is 0 Å². The molecule has 1 aliphatic carbocycles. The standard InChI is InChI=1S/C14H28N2S/c1-12(2)8-15-9-13-4-7-16(10-13)11-14(17-3)5-6-14/h12-13,15H,4-11H2,1-3H3. The van der Waals surface area contributed by atoms with Gasteiger partial charge < -0.3 is 10.2 Å². The average Bonchev–Trinajstić information content (AvgIpc) is 2.92. The molecular formula is C14H28N2S. The average molecular weight is 256 g/mol. The molecule has 0 spiro atoms. The third-order valence-electron chi connectivity index (χ3n) is 4.11. The second-order valence-corrected chi connectivity index (χ2v) is 7.60. The van der Waals surface area contributed by atoms with Crippen molar-refractivity contribution in [1.29, 1.82) is 0 Å².